The van der Waals surface area contributed by atoms with Crippen molar-refractivity contribution in [2.45, 2.75) is 56.5 Å². The molecule has 82 valence electrons. The molecule has 0 aromatic heterocycles. The van der Waals surface area contributed by atoms with E-state index in [0.717, 1.165) is 0 Å². The predicted molar refractivity (Wildman–Crippen MR) is 71.1 cm³/mol. The van der Waals surface area contributed by atoms with Crippen LogP contribution >= 0.6 is 0 Å². The van der Waals surface area contributed by atoms with E-state index in [-0.39, 0.29) is 17.6 Å². The van der Waals surface area contributed by atoms with Gasteiger partial charge in [-0.15, -0.1) is 0 Å². The summed E-state index contributed by atoms with van der Waals surface area (Å²) in [6, 6.07) is 1.57. The van der Waals surface area contributed by atoms with Crippen LogP contribution in [0.4, 0.5) is 0 Å². The fourth-order valence-electron chi connectivity index (χ4n) is 3.15. The van der Waals surface area contributed by atoms with Gasteiger partial charge in [-0.3, -0.25) is 0 Å². The first kappa shape index (κ1) is 11.1. The molecule has 2 aliphatic rings. The normalized spacial score (nSPS) is 35.6. The van der Waals surface area contributed by atoms with Gasteiger partial charge in [-0.2, -0.15) is 0 Å². The van der Waals surface area contributed by atoms with E-state index >= 15 is 0 Å². The monoisotopic (exact) mass is 244 g/mol. The van der Waals surface area contributed by atoms with Crippen LogP contribution in [0, 0.1) is 0 Å². The molecule has 0 N–H and O–H groups in total. The SMILES string of the molecule is C1CCCC([SiH]2CCO[SiH2][SiH2]2)CCC1. The van der Waals surface area contributed by atoms with Gasteiger partial charge in [0.15, 0.2) is 0 Å². The lowest BCUT2D eigenvalue weighted by atomic mass is 10.0. The molecule has 4 heteroatoms. The van der Waals surface area contributed by atoms with Gasteiger partial charge in [-0.25, -0.2) is 0 Å². The summed E-state index contributed by atoms with van der Waals surface area (Å²) in [6.07, 6.45) is 11.0. The van der Waals surface area contributed by atoms with Crippen molar-refractivity contribution < 1.29 is 4.43 Å². The highest BCUT2D eigenvalue weighted by Crippen LogP contribution is 2.30. The fraction of sp³-hybridized carbons (Fsp3) is 1.00. The van der Waals surface area contributed by atoms with Crippen molar-refractivity contribution in [2.24, 2.45) is 0 Å². The summed E-state index contributed by atoms with van der Waals surface area (Å²) in [7, 11) is 0.322. The molecule has 2 rings (SSSR count). The van der Waals surface area contributed by atoms with E-state index in [2.05, 4.69) is 0 Å². The summed E-state index contributed by atoms with van der Waals surface area (Å²) >= 11 is 0. The minimum atomic E-state index is -0.181. The van der Waals surface area contributed by atoms with Gasteiger partial charge in [0, 0.05) is 23.5 Å². The molecule has 14 heavy (non-hydrogen) atoms. The Morgan fingerprint density at radius 1 is 1.00 bits per heavy atom. The van der Waals surface area contributed by atoms with Crippen LogP contribution in [0.5, 0.6) is 0 Å². The molecule has 1 aliphatic heterocycles. The van der Waals surface area contributed by atoms with Crippen molar-refractivity contribution in [3.63, 3.8) is 0 Å². The molecular weight excluding hydrogens is 220 g/mol. The zero-order chi connectivity index (χ0) is 9.64. The van der Waals surface area contributed by atoms with Crippen LogP contribution in [-0.4, -0.2) is 32.8 Å². The molecule has 1 atom stereocenters. The quantitative estimate of drug-likeness (QED) is 0.626. The number of hydrogen-bond donors (Lipinski definition) is 0. The van der Waals surface area contributed by atoms with E-state index < -0.39 is 0 Å². The lowest BCUT2D eigenvalue weighted by Crippen LogP contribution is -2.39. The van der Waals surface area contributed by atoms with Gasteiger partial charge in [0.25, 0.3) is 0 Å². The second-order valence-corrected chi connectivity index (χ2v) is 20.8. The van der Waals surface area contributed by atoms with Crippen molar-refractivity contribution in [3.8, 4) is 0 Å². The highest BCUT2D eigenvalue weighted by molar-refractivity contribution is 7.35. The van der Waals surface area contributed by atoms with Crippen molar-refractivity contribution in [1.82, 2.24) is 0 Å². The van der Waals surface area contributed by atoms with Crippen LogP contribution < -0.4 is 0 Å². The van der Waals surface area contributed by atoms with E-state index in [9.17, 15) is 0 Å². The Balaban J connectivity index is 1.80. The minimum Gasteiger partial charge on any atom is -0.428 e. The maximum atomic E-state index is 5.68. The first-order valence-corrected chi connectivity index (χ1v) is 15.9. The summed E-state index contributed by atoms with van der Waals surface area (Å²) in [4.78, 5) is 0. The average Bonchev–Trinajstić information content (AvgIpc) is 2.18. The van der Waals surface area contributed by atoms with Gasteiger partial charge in [0.05, 0.1) is 0 Å². The number of hydrogen-bond acceptors (Lipinski definition) is 1. The molecule has 0 bridgehead atoms. The second-order valence-electron chi connectivity index (χ2n) is 5.05. The Bertz CT molecular complexity index is 151. The van der Waals surface area contributed by atoms with E-state index in [1.165, 1.54) is 31.4 Å². The Morgan fingerprint density at radius 2 is 1.71 bits per heavy atom. The lowest BCUT2D eigenvalue weighted by Gasteiger charge is -2.30. The molecule has 0 aromatic carbocycles. The second kappa shape index (κ2) is 6.25. The van der Waals surface area contributed by atoms with Crippen LogP contribution in [0.1, 0.15) is 44.9 Å². The lowest BCUT2D eigenvalue weighted by molar-refractivity contribution is 0.365. The average molecular weight is 245 g/mol. The first-order valence-electron chi connectivity index (χ1n) is 6.54. The predicted octanol–water partition coefficient (Wildman–Crippen LogP) is 1.02. The molecular formula is C10H24OSi3. The van der Waals surface area contributed by atoms with Crippen LogP contribution in [0.2, 0.25) is 11.6 Å². The third-order valence-corrected chi connectivity index (χ3v) is 24.4. The Kier molecular flexibility index (Phi) is 4.96. The van der Waals surface area contributed by atoms with Gasteiger partial charge < -0.3 is 4.43 Å². The van der Waals surface area contributed by atoms with Gasteiger partial charge in [0.1, 0.15) is 9.28 Å². The third-order valence-electron chi connectivity index (χ3n) is 4.08. The summed E-state index contributed by atoms with van der Waals surface area (Å²) in [5, 5.41) is 0. The molecule has 1 unspecified atom stereocenters. The summed E-state index contributed by atoms with van der Waals surface area (Å²) < 4.78 is 5.68. The van der Waals surface area contributed by atoms with Crippen LogP contribution in [0.25, 0.3) is 0 Å². The third kappa shape index (κ3) is 3.33. The fourth-order valence-corrected chi connectivity index (χ4v) is 24.7. The van der Waals surface area contributed by atoms with E-state index in [1.807, 2.05) is 0 Å². The van der Waals surface area contributed by atoms with Crippen molar-refractivity contribution in [2.75, 3.05) is 6.61 Å². The van der Waals surface area contributed by atoms with Gasteiger partial charge in [0.2, 0.25) is 0 Å². The van der Waals surface area contributed by atoms with E-state index in [0.29, 0.717) is 8.55 Å². The largest absolute Gasteiger partial charge is 0.428 e. The van der Waals surface area contributed by atoms with Crippen LogP contribution in [0.15, 0.2) is 0 Å². The Morgan fingerprint density at radius 3 is 2.36 bits per heavy atom. The summed E-state index contributed by atoms with van der Waals surface area (Å²) in [6.45, 7) is 1.19. The molecule has 2 fully saturated rings. The molecule has 1 nitrogen and oxygen atoms in total. The van der Waals surface area contributed by atoms with Gasteiger partial charge >= 0.3 is 0 Å². The molecule has 1 heterocycles. The zero-order valence-corrected chi connectivity index (χ0v) is 13.3. The highest BCUT2D eigenvalue weighted by atomic mass is 29.5. The van der Waals surface area contributed by atoms with Crippen molar-refractivity contribution in [3.05, 3.63) is 0 Å². The highest BCUT2D eigenvalue weighted by Gasteiger charge is 2.25. The molecule has 0 aromatic rings. The number of rotatable bonds is 1. The molecule has 0 spiro atoms. The van der Waals surface area contributed by atoms with E-state index in [1.54, 1.807) is 31.7 Å². The maximum Gasteiger partial charge on any atom is 0.140 e. The zero-order valence-electron chi connectivity index (χ0n) is 9.34. The summed E-state index contributed by atoms with van der Waals surface area (Å²) in [5.41, 5.74) is 1.28. The molecule has 1 aliphatic carbocycles. The Labute approximate surface area is 94.0 Å². The van der Waals surface area contributed by atoms with Gasteiger partial charge in [-0.1, -0.05) is 50.5 Å². The molecule has 1 saturated carbocycles. The Hall–Kier alpha value is 0.611. The van der Waals surface area contributed by atoms with Gasteiger partial charge in [-0.05, 0) is 6.04 Å². The topological polar surface area (TPSA) is 9.23 Å². The van der Waals surface area contributed by atoms with Crippen molar-refractivity contribution in [1.29, 1.82) is 0 Å². The molecule has 0 amide bonds. The first-order chi connectivity index (χ1) is 6.97. The van der Waals surface area contributed by atoms with E-state index in [4.69, 9.17) is 4.43 Å². The smallest absolute Gasteiger partial charge is 0.140 e. The minimum absolute atomic E-state index is 0.0967. The van der Waals surface area contributed by atoms with Crippen molar-refractivity contribution >= 4 is 26.1 Å². The van der Waals surface area contributed by atoms with Crippen LogP contribution in [0.3, 0.4) is 0 Å². The summed E-state index contributed by atoms with van der Waals surface area (Å²) in [5.74, 6) is 0. The molecule has 1 saturated heterocycles. The molecule has 0 radical (unpaired) electrons. The maximum absolute atomic E-state index is 5.68. The standard InChI is InChI=1S/C10H24OSi3/c1-2-4-6-10(7-5-3-1)14-9-8-11-12-13-14/h10,14H,1-9,12-13H2. The van der Waals surface area contributed by atoms with Crippen LogP contribution in [-0.2, 0) is 4.43 Å².